The minimum absolute atomic E-state index is 0.561. The fraction of sp³-hybridized carbons (Fsp3) is 0. The zero-order valence-electron chi connectivity index (χ0n) is 31.2. The van der Waals surface area contributed by atoms with Gasteiger partial charge >= 0.3 is 0 Å². The van der Waals surface area contributed by atoms with Crippen molar-refractivity contribution in [3.8, 4) is 67.7 Å². The minimum Gasteiger partial charge on any atom is -0.265 e. The standard InChI is InChI=1S/C52H32N6/c1-2-11-35-29-39(22-21-33(35)10-1)49-46-31-45(42-17-3-4-18-43(42)48(46)44-19-5-6-20-47(44)55-49)38-14-7-12-36(28-38)37-13-8-15-40(30-37)51-56-50(34-23-26-53-27-24-34)57-52(58-51)41-16-9-25-54-32-41/h1-32H. The zero-order chi connectivity index (χ0) is 38.4. The minimum atomic E-state index is 0.561. The maximum Gasteiger partial charge on any atom is 0.165 e. The van der Waals surface area contributed by atoms with Gasteiger partial charge in [-0.25, -0.2) is 19.9 Å². The van der Waals surface area contributed by atoms with Gasteiger partial charge in [-0.05, 0) is 98.4 Å². The number of fused-ring (bicyclic) bond motifs is 6. The average molecular weight is 741 g/mol. The molecule has 6 heteroatoms. The summed E-state index contributed by atoms with van der Waals surface area (Å²) in [5, 5.41) is 8.28. The van der Waals surface area contributed by atoms with Crippen LogP contribution in [0.5, 0.6) is 0 Å². The lowest BCUT2D eigenvalue weighted by Gasteiger charge is -2.17. The molecule has 11 rings (SSSR count). The lowest BCUT2D eigenvalue weighted by atomic mass is 9.89. The highest BCUT2D eigenvalue weighted by molar-refractivity contribution is 6.25. The van der Waals surface area contributed by atoms with Gasteiger partial charge in [0.05, 0.1) is 11.2 Å². The number of nitrogens with zero attached hydrogens (tertiary/aromatic N) is 6. The highest BCUT2D eigenvalue weighted by Gasteiger charge is 2.18. The second-order valence-corrected chi connectivity index (χ2v) is 14.4. The number of rotatable bonds is 6. The van der Waals surface area contributed by atoms with Crippen molar-refractivity contribution in [3.05, 3.63) is 195 Å². The quantitative estimate of drug-likeness (QED) is 0.158. The van der Waals surface area contributed by atoms with Gasteiger partial charge in [-0.1, -0.05) is 115 Å². The number of hydrogen-bond acceptors (Lipinski definition) is 6. The van der Waals surface area contributed by atoms with Crippen molar-refractivity contribution in [2.24, 2.45) is 0 Å². The summed E-state index contributed by atoms with van der Waals surface area (Å²) in [6.07, 6.45) is 7.02. The van der Waals surface area contributed by atoms with Gasteiger partial charge in [-0.15, -0.1) is 0 Å². The van der Waals surface area contributed by atoms with E-state index in [-0.39, 0.29) is 0 Å². The summed E-state index contributed by atoms with van der Waals surface area (Å²) in [7, 11) is 0. The van der Waals surface area contributed by atoms with Crippen molar-refractivity contribution >= 4 is 43.2 Å². The van der Waals surface area contributed by atoms with Gasteiger partial charge in [0.2, 0.25) is 0 Å². The molecule has 0 aliphatic heterocycles. The molecule has 4 aromatic heterocycles. The Morgan fingerprint density at radius 2 is 0.948 bits per heavy atom. The molecule has 0 aliphatic rings. The smallest absolute Gasteiger partial charge is 0.165 e. The lowest BCUT2D eigenvalue weighted by Crippen LogP contribution is -2.00. The third kappa shape index (κ3) is 5.92. The van der Waals surface area contributed by atoms with Crippen molar-refractivity contribution in [3.63, 3.8) is 0 Å². The Hall–Kier alpha value is -7.96. The van der Waals surface area contributed by atoms with E-state index in [1.54, 1.807) is 24.8 Å². The van der Waals surface area contributed by atoms with Crippen LogP contribution < -0.4 is 0 Å². The molecule has 0 unspecified atom stereocenters. The molecular formula is C52H32N6. The van der Waals surface area contributed by atoms with Crippen LogP contribution in [0.4, 0.5) is 0 Å². The predicted octanol–water partition coefficient (Wildman–Crippen LogP) is 12.7. The summed E-state index contributed by atoms with van der Waals surface area (Å²) in [5.41, 5.74) is 10.0. The SMILES string of the molecule is c1cncc(-c2nc(-c3ccncc3)nc(-c3cccc(-c4cccc(-c5cc6c(-c7ccc8ccccc8c7)nc7ccccc7c6c6ccccc56)c4)c3)n2)c1. The molecule has 11 aromatic rings. The normalized spacial score (nSPS) is 11.4. The molecule has 7 aromatic carbocycles. The van der Waals surface area contributed by atoms with Crippen LogP contribution >= 0.6 is 0 Å². The molecule has 270 valence electrons. The van der Waals surface area contributed by atoms with Crippen molar-refractivity contribution < 1.29 is 0 Å². The molecule has 0 amide bonds. The number of hydrogen-bond donors (Lipinski definition) is 0. The molecule has 0 atom stereocenters. The highest BCUT2D eigenvalue weighted by atomic mass is 15.0. The van der Waals surface area contributed by atoms with E-state index >= 15 is 0 Å². The van der Waals surface area contributed by atoms with Gasteiger partial charge in [-0.3, -0.25) is 9.97 Å². The Labute approximate surface area is 334 Å². The molecule has 0 aliphatic carbocycles. The first-order valence-electron chi connectivity index (χ1n) is 19.2. The molecule has 0 radical (unpaired) electrons. The van der Waals surface area contributed by atoms with Crippen LogP contribution in [0.25, 0.3) is 111 Å². The monoisotopic (exact) mass is 740 g/mol. The first-order valence-corrected chi connectivity index (χ1v) is 19.2. The molecule has 0 fully saturated rings. The Morgan fingerprint density at radius 1 is 0.310 bits per heavy atom. The van der Waals surface area contributed by atoms with Crippen LogP contribution in [0.2, 0.25) is 0 Å². The summed E-state index contributed by atoms with van der Waals surface area (Å²) in [6, 6.07) is 59.7. The fourth-order valence-corrected chi connectivity index (χ4v) is 8.07. The number of para-hydroxylation sites is 1. The van der Waals surface area contributed by atoms with Crippen molar-refractivity contribution in [2.45, 2.75) is 0 Å². The van der Waals surface area contributed by atoms with Crippen LogP contribution in [0.1, 0.15) is 0 Å². The highest BCUT2D eigenvalue weighted by Crippen LogP contribution is 2.42. The summed E-state index contributed by atoms with van der Waals surface area (Å²) >= 11 is 0. The number of aromatic nitrogens is 6. The van der Waals surface area contributed by atoms with Gasteiger partial charge in [0, 0.05) is 63.2 Å². The molecule has 0 N–H and O–H groups in total. The van der Waals surface area contributed by atoms with E-state index < -0.39 is 0 Å². The van der Waals surface area contributed by atoms with E-state index in [0.717, 1.165) is 66.5 Å². The molecule has 0 saturated heterocycles. The second-order valence-electron chi connectivity index (χ2n) is 14.4. The first-order chi connectivity index (χ1) is 28.7. The Morgan fingerprint density at radius 3 is 1.74 bits per heavy atom. The molecule has 0 spiro atoms. The number of pyridine rings is 3. The average Bonchev–Trinajstić information content (AvgIpc) is 3.31. The Balaban J connectivity index is 1.07. The Kier molecular flexibility index (Phi) is 8.04. The third-order valence-electron chi connectivity index (χ3n) is 10.8. The molecule has 0 bridgehead atoms. The third-order valence-corrected chi connectivity index (χ3v) is 10.8. The molecule has 6 nitrogen and oxygen atoms in total. The molecule has 0 saturated carbocycles. The summed E-state index contributed by atoms with van der Waals surface area (Å²) in [6.45, 7) is 0. The van der Waals surface area contributed by atoms with Gasteiger partial charge in [0.1, 0.15) is 0 Å². The van der Waals surface area contributed by atoms with Crippen LogP contribution in [-0.4, -0.2) is 29.9 Å². The van der Waals surface area contributed by atoms with E-state index in [2.05, 4.69) is 156 Å². The maximum atomic E-state index is 5.35. The molecular weight excluding hydrogens is 709 g/mol. The van der Waals surface area contributed by atoms with E-state index in [9.17, 15) is 0 Å². The van der Waals surface area contributed by atoms with E-state index in [1.165, 1.54) is 26.9 Å². The first kappa shape index (κ1) is 33.4. The van der Waals surface area contributed by atoms with Gasteiger partial charge in [-0.2, -0.15) is 0 Å². The lowest BCUT2D eigenvalue weighted by molar-refractivity contribution is 1.07. The zero-order valence-corrected chi connectivity index (χ0v) is 31.2. The van der Waals surface area contributed by atoms with E-state index in [1.807, 2.05) is 24.3 Å². The second kappa shape index (κ2) is 14.0. The maximum absolute atomic E-state index is 5.35. The van der Waals surface area contributed by atoms with Crippen molar-refractivity contribution in [1.29, 1.82) is 0 Å². The molecule has 58 heavy (non-hydrogen) atoms. The molecule has 4 heterocycles. The Bertz CT molecular complexity index is 3290. The van der Waals surface area contributed by atoms with Gasteiger partial charge in [0.25, 0.3) is 0 Å². The topological polar surface area (TPSA) is 77.3 Å². The summed E-state index contributed by atoms with van der Waals surface area (Å²) in [5.74, 6) is 1.72. The largest absolute Gasteiger partial charge is 0.265 e. The van der Waals surface area contributed by atoms with Crippen LogP contribution in [0.3, 0.4) is 0 Å². The predicted molar refractivity (Wildman–Crippen MR) is 236 cm³/mol. The van der Waals surface area contributed by atoms with E-state index in [4.69, 9.17) is 19.9 Å². The van der Waals surface area contributed by atoms with Crippen molar-refractivity contribution in [1.82, 2.24) is 29.9 Å². The van der Waals surface area contributed by atoms with Crippen molar-refractivity contribution in [2.75, 3.05) is 0 Å². The van der Waals surface area contributed by atoms with E-state index in [0.29, 0.717) is 17.5 Å². The van der Waals surface area contributed by atoms with Gasteiger partial charge in [0.15, 0.2) is 17.5 Å². The van der Waals surface area contributed by atoms with Crippen LogP contribution in [0, 0.1) is 0 Å². The fourth-order valence-electron chi connectivity index (χ4n) is 8.07. The van der Waals surface area contributed by atoms with Crippen LogP contribution in [0.15, 0.2) is 195 Å². The summed E-state index contributed by atoms with van der Waals surface area (Å²) in [4.78, 5) is 28.6. The summed E-state index contributed by atoms with van der Waals surface area (Å²) < 4.78 is 0. The number of benzene rings is 7. The van der Waals surface area contributed by atoms with Gasteiger partial charge < -0.3 is 0 Å². The van der Waals surface area contributed by atoms with Crippen LogP contribution in [-0.2, 0) is 0 Å².